The average Bonchev–Trinajstić information content (AvgIpc) is 3.17. The largest absolute Gasteiger partial charge is 0.270 e. The van der Waals surface area contributed by atoms with Crippen LogP contribution in [0.15, 0.2) is 90.1 Å². The Morgan fingerprint density at radius 3 is 2.34 bits per heavy atom. The molecule has 5 heteroatoms. The zero-order valence-electron chi connectivity index (χ0n) is 16.0. The Balaban J connectivity index is 1.63. The fourth-order valence-corrected chi connectivity index (χ4v) is 3.83. The van der Waals surface area contributed by atoms with Gasteiger partial charge in [0.2, 0.25) is 0 Å². The topological polar surface area (TPSA) is 30.7 Å². The maximum absolute atomic E-state index is 6.09. The number of aryl methyl sites for hydroxylation is 1. The van der Waals surface area contributed by atoms with E-state index in [2.05, 4.69) is 70.2 Å². The van der Waals surface area contributed by atoms with Crippen molar-refractivity contribution in [1.29, 1.82) is 0 Å². The van der Waals surface area contributed by atoms with E-state index in [1.54, 1.807) is 11.8 Å². The third-order valence-electron chi connectivity index (χ3n) is 4.45. The molecule has 0 saturated heterocycles. The van der Waals surface area contributed by atoms with Crippen LogP contribution in [-0.2, 0) is 0 Å². The Kier molecular flexibility index (Phi) is 6.13. The van der Waals surface area contributed by atoms with Crippen molar-refractivity contribution in [3.05, 3.63) is 101 Å². The number of thioether (sulfide) groups is 1. The van der Waals surface area contributed by atoms with Crippen molar-refractivity contribution in [2.75, 3.05) is 5.75 Å². The SMILES string of the molecule is Cc1ccc(-c2nnc(SCC=Cc3ccccc3)n2-c2ccc(Cl)cc2)cc1. The van der Waals surface area contributed by atoms with Crippen LogP contribution in [0, 0.1) is 6.92 Å². The van der Waals surface area contributed by atoms with E-state index in [-0.39, 0.29) is 0 Å². The van der Waals surface area contributed by atoms with Crippen LogP contribution in [0.3, 0.4) is 0 Å². The highest BCUT2D eigenvalue weighted by molar-refractivity contribution is 7.99. The van der Waals surface area contributed by atoms with Gasteiger partial charge in [0.05, 0.1) is 0 Å². The molecule has 1 heterocycles. The fourth-order valence-electron chi connectivity index (χ4n) is 2.95. The highest BCUT2D eigenvalue weighted by Crippen LogP contribution is 2.29. The van der Waals surface area contributed by atoms with Gasteiger partial charge < -0.3 is 0 Å². The monoisotopic (exact) mass is 417 g/mol. The van der Waals surface area contributed by atoms with Crippen LogP contribution in [0.1, 0.15) is 11.1 Å². The van der Waals surface area contributed by atoms with Crippen molar-refractivity contribution < 1.29 is 0 Å². The number of hydrogen-bond donors (Lipinski definition) is 0. The molecular weight excluding hydrogens is 398 g/mol. The third kappa shape index (κ3) is 4.78. The molecule has 3 nitrogen and oxygen atoms in total. The quantitative estimate of drug-likeness (QED) is 0.327. The van der Waals surface area contributed by atoms with Crippen LogP contribution in [0.2, 0.25) is 5.02 Å². The maximum Gasteiger partial charge on any atom is 0.196 e. The van der Waals surface area contributed by atoms with E-state index >= 15 is 0 Å². The van der Waals surface area contributed by atoms with Crippen LogP contribution in [0.25, 0.3) is 23.2 Å². The molecule has 0 unspecified atom stereocenters. The second-order valence-corrected chi connectivity index (χ2v) is 8.03. The van der Waals surface area contributed by atoms with Gasteiger partial charge in [0.1, 0.15) is 0 Å². The number of hydrogen-bond acceptors (Lipinski definition) is 3. The highest BCUT2D eigenvalue weighted by Gasteiger charge is 2.15. The summed E-state index contributed by atoms with van der Waals surface area (Å²) in [7, 11) is 0. The molecule has 29 heavy (non-hydrogen) atoms. The Labute approximate surface area is 180 Å². The predicted octanol–water partition coefficient (Wildman–Crippen LogP) is 6.70. The predicted molar refractivity (Wildman–Crippen MR) is 123 cm³/mol. The first-order valence-electron chi connectivity index (χ1n) is 9.33. The van der Waals surface area contributed by atoms with E-state index in [4.69, 9.17) is 11.6 Å². The molecule has 0 aliphatic rings. The van der Waals surface area contributed by atoms with Crippen molar-refractivity contribution in [2.45, 2.75) is 12.1 Å². The van der Waals surface area contributed by atoms with Gasteiger partial charge in [-0.05, 0) is 36.8 Å². The van der Waals surface area contributed by atoms with E-state index in [9.17, 15) is 0 Å². The van der Waals surface area contributed by atoms with Gasteiger partial charge >= 0.3 is 0 Å². The number of rotatable bonds is 6. The summed E-state index contributed by atoms with van der Waals surface area (Å²) in [6.45, 7) is 2.08. The smallest absolute Gasteiger partial charge is 0.196 e. The Bertz CT molecular complexity index is 1100. The number of nitrogens with zero attached hydrogens (tertiary/aromatic N) is 3. The van der Waals surface area contributed by atoms with Crippen molar-refractivity contribution in [1.82, 2.24) is 14.8 Å². The van der Waals surface area contributed by atoms with Crippen LogP contribution >= 0.6 is 23.4 Å². The second-order valence-electron chi connectivity index (χ2n) is 6.61. The molecule has 0 saturated carbocycles. The normalized spacial score (nSPS) is 11.2. The lowest BCUT2D eigenvalue weighted by Gasteiger charge is -2.10. The van der Waals surface area contributed by atoms with Gasteiger partial charge in [-0.15, -0.1) is 10.2 Å². The maximum atomic E-state index is 6.09. The molecule has 144 valence electrons. The second kappa shape index (κ2) is 9.12. The first-order chi connectivity index (χ1) is 14.2. The molecule has 0 bridgehead atoms. The molecule has 4 rings (SSSR count). The minimum absolute atomic E-state index is 0.707. The molecule has 4 aromatic rings. The molecule has 3 aromatic carbocycles. The Morgan fingerprint density at radius 1 is 0.897 bits per heavy atom. The molecular formula is C24H20ClN3S. The lowest BCUT2D eigenvalue weighted by Crippen LogP contribution is -1.99. The lowest BCUT2D eigenvalue weighted by molar-refractivity contribution is 0.888. The van der Waals surface area contributed by atoms with Gasteiger partial charge in [-0.25, -0.2) is 0 Å². The number of benzene rings is 3. The summed E-state index contributed by atoms with van der Waals surface area (Å²) in [6, 6.07) is 26.4. The van der Waals surface area contributed by atoms with E-state index in [1.807, 2.05) is 42.5 Å². The molecule has 0 spiro atoms. The molecule has 0 fully saturated rings. The van der Waals surface area contributed by atoms with E-state index < -0.39 is 0 Å². The summed E-state index contributed by atoms with van der Waals surface area (Å²) in [6.07, 6.45) is 4.27. The van der Waals surface area contributed by atoms with Crippen molar-refractivity contribution in [2.24, 2.45) is 0 Å². The van der Waals surface area contributed by atoms with E-state index in [0.717, 1.165) is 28.0 Å². The fraction of sp³-hybridized carbons (Fsp3) is 0.0833. The molecule has 0 amide bonds. The van der Waals surface area contributed by atoms with Crippen LogP contribution in [0.5, 0.6) is 0 Å². The summed E-state index contributed by atoms with van der Waals surface area (Å²) in [5.74, 6) is 1.62. The first-order valence-corrected chi connectivity index (χ1v) is 10.7. The summed E-state index contributed by atoms with van der Waals surface area (Å²) < 4.78 is 2.09. The first kappa shape index (κ1) is 19.5. The van der Waals surface area contributed by atoms with E-state index in [0.29, 0.717) is 5.02 Å². The van der Waals surface area contributed by atoms with Gasteiger partial charge in [0.25, 0.3) is 0 Å². The van der Waals surface area contributed by atoms with Gasteiger partial charge in [-0.2, -0.15) is 0 Å². The lowest BCUT2D eigenvalue weighted by atomic mass is 10.1. The molecule has 0 N–H and O–H groups in total. The van der Waals surface area contributed by atoms with E-state index in [1.165, 1.54) is 11.1 Å². The molecule has 1 aromatic heterocycles. The number of halogens is 1. The molecule has 0 radical (unpaired) electrons. The summed E-state index contributed by atoms with van der Waals surface area (Å²) in [5, 5.41) is 10.5. The minimum atomic E-state index is 0.707. The number of aromatic nitrogens is 3. The average molecular weight is 418 g/mol. The van der Waals surface area contributed by atoms with Crippen LogP contribution in [0.4, 0.5) is 0 Å². The zero-order valence-corrected chi connectivity index (χ0v) is 17.6. The van der Waals surface area contributed by atoms with Crippen molar-refractivity contribution in [3.63, 3.8) is 0 Å². The summed E-state index contributed by atoms with van der Waals surface area (Å²) in [4.78, 5) is 0. The van der Waals surface area contributed by atoms with Gasteiger partial charge in [0.15, 0.2) is 11.0 Å². The standard InChI is InChI=1S/C24H20ClN3S/c1-18-9-11-20(12-10-18)23-26-27-24(28(23)22-15-13-21(25)14-16-22)29-17-5-8-19-6-3-2-4-7-19/h2-16H,17H2,1H3. The van der Waals surface area contributed by atoms with Crippen LogP contribution in [-0.4, -0.2) is 20.5 Å². The van der Waals surface area contributed by atoms with Gasteiger partial charge in [-0.1, -0.05) is 95.7 Å². The highest BCUT2D eigenvalue weighted by atomic mass is 35.5. The molecule has 0 atom stereocenters. The van der Waals surface area contributed by atoms with Crippen molar-refractivity contribution in [3.8, 4) is 17.1 Å². The van der Waals surface area contributed by atoms with Gasteiger partial charge in [-0.3, -0.25) is 4.57 Å². The Hall–Kier alpha value is -2.82. The third-order valence-corrected chi connectivity index (χ3v) is 5.58. The molecule has 0 aliphatic carbocycles. The summed E-state index contributed by atoms with van der Waals surface area (Å²) in [5.41, 5.74) is 4.42. The van der Waals surface area contributed by atoms with Crippen molar-refractivity contribution >= 4 is 29.4 Å². The van der Waals surface area contributed by atoms with Gasteiger partial charge in [0, 0.05) is 22.0 Å². The Morgan fingerprint density at radius 2 is 1.62 bits per heavy atom. The summed E-state index contributed by atoms with van der Waals surface area (Å²) >= 11 is 7.75. The van der Waals surface area contributed by atoms with Crippen LogP contribution < -0.4 is 0 Å². The minimum Gasteiger partial charge on any atom is -0.270 e. The zero-order chi connectivity index (χ0) is 20.1. The molecule has 0 aliphatic heterocycles.